The van der Waals surface area contributed by atoms with Crippen LogP contribution in [0.3, 0.4) is 0 Å². The van der Waals surface area contributed by atoms with Crippen LogP contribution in [0.15, 0.2) is 35.5 Å². The van der Waals surface area contributed by atoms with Gasteiger partial charge in [-0.2, -0.15) is 4.98 Å². The number of alkyl halides is 2. The summed E-state index contributed by atoms with van der Waals surface area (Å²) in [4.78, 5) is 7.72. The van der Waals surface area contributed by atoms with Crippen molar-refractivity contribution >= 4 is 32.5 Å². The molecule has 138 valence electrons. The molecule has 3 rings (SSSR count). The predicted octanol–water partition coefficient (Wildman–Crippen LogP) is 2.84. The number of methoxy groups -OCH3 is 1. The molecule has 1 aromatic carbocycles. The minimum Gasteiger partial charge on any atom is -0.481 e. The molecule has 0 fully saturated rings. The summed E-state index contributed by atoms with van der Waals surface area (Å²) in [6, 6.07) is 4.48. The van der Waals surface area contributed by atoms with Crippen molar-refractivity contribution in [2.75, 3.05) is 7.11 Å². The number of aromatic nitrogens is 3. The predicted molar refractivity (Wildman–Crippen MR) is 91.4 cm³/mol. The van der Waals surface area contributed by atoms with Crippen molar-refractivity contribution in [1.29, 1.82) is 0 Å². The molecule has 3 aromatic rings. The number of ether oxygens (including phenoxy) is 1. The molecule has 0 aliphatic heterocycles. The summed E-state index contributed by atoms with van der Waals surface area (Å²) < 4.78 is 57.2. The second-order valence-electron chi connectivity index (χ2n) is 5.55. The van der Waals surface area contributed by atoms with Crippen LogP contribution < -0.4 is 9.88 Å². The van der Waals surface area contributed by atoms with Crippen molar-refractivity contribution in [3.8, 4) is 11.8 Å². The summed E-state index contributed by atoms with van der Waals surface area (Å²) >= 11 is 5.99. The van der Waals surface area contributed by atoms with E-state index in [4.69, 9.17) is 21.5 Å². The van der Waals surface area contributed by atoms with E-state index in [2.05, 4.69) is 9.97 Å². The number of hydrogen-bond donors (Lipinski definition) is 1. The second kappa shape index (κ2) is 6.15. The normalized spacial score (nSPS) is 12.5. The van der Waals surface area contributed by atoms with Gasteiger partial charge in [-0.25, -0.2) is 27.3 Å². The summed E-state index contributed by atoms with van der Waals surface area (Å²) in [5, 5.41) is 5.88. The Hall–Kier alpha value is -2.30. The molecule has 7 nitrogen and oxygen atoms in total. The van der Waals surface area contributed by atoms with Crippen LogP contribution >= 0.6 is 11.6 Å². The van der Waals surface area contributed by atoms with E-state index >= 15 is 0 Å². The van der Waals surface area contributed by atoms with Gasteiger partial charge in [-0.05, 0) is 18.2 Å². The summed E-state index contributed by atoms with van der Waals surface area (Å²) in [6.07, 6.45) is 2.13. The molecule has 0 bridgehead atoms. The summed E-state index contributed by atoms with van der Waals surface area (Å²) in [5.74, 6) is -3.61. The Balaban J connectivity index is 2.31. The van der Waals surface area contributed by atoms with Gasteiger partial charge in [0.2, 0.25) is 21.9 Å². The maximum absolute atomic E-state index is 13.6. The van der Waals surface area contributed by atoms with Gasteiger partial charge >= 0.3 is 0 Å². The van der Waals surface area contributed by atoms with E-state index in [0.29, 0.717) is 22.8 Å². The molecule has 26 heavy (non-hydrogen) atoms. The minimum absolute atomic E-state index is 0.0722. The largest absolute Gasteiger partial charge is 0.481 e. The lowest BCUT2D eigenvalue weighted by Crippen LogP contribution is -2.13. The number of hydrogen-bond acceptors (Lipinski definition) is 5. The Morgan fingerprint density at radius 2 is 2.04 bits per heavy atom. The zero-order chi connectivity index (χ0) is 19.3. The zero-order valence-electron chi connectivity index (χ0n) is 13.6. The Kier molecular flexibility index (Phi) is 4.37. The number of sulfonamides is 1. The summed E-state index contributed by atoms with van der Waals surface area (Å²) in [5.41, 5.74) is -0.149. The molecule has 0 aliphatic carbocycles. The average Bonchev–Trinajstić information content (AvgIpc) is 2.92. The van der Waals surface area contributed by atoms with E-state index in [0.717, 1.165) is 6.20 Å². The smallest absolute Gasteiger partial charge is 0.277 e. The number of nitrogens with zero attached hydrogens (tertiary/aromatic N) is 3. The first-order valence-electron chi connectivity index (χ1n) is 7.15. The highest BCUT2D eigenvalue weighted by Gasteiger charge is 2.31. The van der Waals surface area contributed by atoms with Gasteiger partial charge in [-0.3, -0.25) is 4.57 Å². The summed E-state index contributed by atoms with van der Waals surface area (Å²) in [7, 11) is -2.85. The third kappa shape index (κ3) is 3.22. The zero-order valence-corrected chi connectivity index (χ0v) is 15.1. The first-order chi connectivity index (χ1) is 12.0. The van der Waals surface area contributed by atoms with E-state index in [1.807, 2.05) is 0 Å². The van der Waals surface area contributed by atoms with Gasteiger partial charge in [0, 0.05) is 29.7 Å². The van der Waals surface area contributed by atoms with Crippen LogP contribution in [0, 0.1) is 0 Å². The number of fused-ring (bicyclic) bond motifs is 1. The van der Waals surface area contributed by atoms with Crippen LogP contribution in [0.2, 0.25) is 5.02 Å². The minimum atomic E-state index is -4.05. The lowest BCUT2D eigenvalue weighted by atomic mass is 10.2. The molecule has 0 aliphatic rings. The number of primary sulfonamides is 1. The van der Waals surface area contributed by atoms with E-state index in [1.54, 1.807) is 0 Å². The second-order valence-corrected chi connectivity index (χ2v) is 7.52. The van der Waals surface area contributed by atoms with Crippen molar-refractivity contribution in [1.82, 2.24) is 14.5 Å². The van der Waals surface area contributed by atoms with Gasteiger partial charge in [0.1, 0.15) is 10.5 Å². The molecule has 0 saturated carbocycles. The monoisotopic (exact) mass is 402 g/mol. The van der Waals surface area contributed by atoms with Gasteiger partial charge in [0.05, 0.1) is 12.6 Å². The number of halogens is 3. The molecule has 0 amide bonds. The topological polar surface area (TPSA) is 100 Å². The molecule has 0 atom stereocenters. The van der Waals surface area contributed by atoms with Gasteiger partial charge in [-0.1, -0.05) is 11.6 Å². The molecule has 2 N–H and O–H groups in total. The highest BCUT2D eigenvalue weighted by molar-refractivity contribution is 7.89. The fourth-order valence-electron chi connectivity index (χ4n) is 2.49. The highest BCUT2D eigenvalue weighted by Crippen LogP contribution is 2.34. The third-order valence-electron chi connectivity index (χ3n) is 3.66. The average molecular weight is 403 g/mol. The Bertz CT molecular complexity index is 1110. The van der Waals surface area contributed by atoms with Gasteiger partial charge in [0.15, 0.2) is 0 Å². The van der Waals surface area contributed by atoms with Crippen molar-refractivity contribution in [2.24, 2.45) is 5.14 Å². The number of benzene rings is 1. The van der Waals surface area contributed by atoms with Crippen molar-refractivity contribution < 1.29 is 21.9 Å². The van der Waals surface area contributed by atoms with Crippen LogP contribution in [0.4, 0.5) is 8.78 Å². The fourth-order valence-corrected chi connectivity index (χ4v) is 3.39. The van der Waals surface area contributed by atoms with Crippen LogP contribution in [0.25, 0.3) is 16.9 Å². The Labute approximate surface area is 152 Å². The highest BCUT2D eigenvalue weighted by atomic mass is 35.5. The number of rotatable bonds is 4. The van der Waals surface area contributed by atoms with Crippen LogP contribution in [0.5, 0.6) is 5.88 Å². The van der Waals surface area contributed by atoms with Gasteiger partial charge in [0.25, 0.3) is 5.92 Å². The summed E-state index contributed by atoms with van der Waals surface area (Å²) in [6.45, 7) is 0.692. The van der Waals surface area contributed by atoms with E-state index in [9.17, 15) is 17.2 Å². The van der Waals surface area contributed by atoms with Crippen molar-refractivity contribution in [3.05, 3.63) is 41.2 Å². The lowest BCUT2D eigenvalue weighted by Gasteiger charge is -2.14. The molecule has 2 heterocycles. The van der Waals surface area contributed by atoms with Gasteiger partial charge in [-0.15, -0.1) is 0 Å². The van der Waals surface area contributed by atoms with Crippen LogP contribution in [-0.4, -0.2) is 30.1 Å². The first kappa shape index (κ1) is 18.5. The molecule has 2 aromatic heterocycles. The van der Waals surface area contributed by atoms with E-state index < -0.39 is 21.5 Å². The van der Waals surface area contributed by atoms with Crippen LogP contribution in [0.1, 0.15) is 12.5 Å². The number of nitrogens with two attached hydrogens (primary N) is 1. The Morgan fingerprint density at radius 1 is 1.35 bits per heavy atom. The van der Waals surface area contributed by atoms with Crippen molar-refractivity contribution in [3.63, 3.8) is 0 Å². The van der Waals surface area contributed by atoms with Crippen molar-refractivity contribution in [2.45, 2.75) is 17.7 Å². The third-order valence-corrected chi connectivity index (χ3v) is 4.83. The molecule has 11 heteroatoms. The van der Waals surface area contributed by atoms with Crippen LogP contribution in [-0.2, 0) is 15.9 Å². The molecule has 0 spiro atoms. The fraction of sp³-hybridized carbons (Fsp3) is 0.200. The SMILES string of the molecule is COc1nc(-n2cc(S(N)(=O)=O)c3ccc(Cl)cc32)ncc1C(C)(F)F. The van der Waals surface area contributed by atoms with E-state index in [1.165, 1.54) is 36.1 Å². The molecule has 0 unspecified atom stereocenters. The molecular formula is C15H13ClF2N4O3S. The maximum atomic E-state index is 13.6. The molecule has 0 saturated heterocycles. The molecule has 0 radical (unpaired) electrons. The quantitative estimate of drug-likeness (QED) is 0.723. The Morgan fingerprint density at radius 3 is 2.62 bits per heavy atom. The van der Waals surface area contributed by atoms with Gasteiger partial charge < -0.3 is 4.74 Å². The lowest BCUT2D eigenvalue weighted by molar-refractivity contribution is 0.0140. The molecular weight excluding hydrogens is 390 g/mol. The maximum Gasteiger partial charge on any atom is 0.277 e. The van der Waals surface area contributed by atoms with E-state index in [-0.39, 0.29) is 16.7 Å². The first-order valence-corrected chi connectivity index (χ1v) is 9.08. The standard InChI is InChI=1S/C15H13ClF2N4O3S/c1-15(17,18)10-6-20-14(21-13(10)25-2)22-7-12(26(19,23)24)9-4-3-8(16)5-11(9)22/h3-7H,1-2H3,(H2,19,23,24).